The van der Waals surface area contributed by atoms with Gasteiger partial charge < -0.3 is 10.3 Å². The zero-order chi connectivity index (χ0) is 9.97. The molecule has 2 rings (SSSR count). The normalized spacial score (nSPS) is 32.9. The molecule has 0 saturated heterocycles. The van der Waals surface area contributed by atoms with Gasteiger partial charge in [-0.15, -0.1) is 0 Å². The fourth-order valence-corrected chi connectivity index (χ4v) is 2.32. The lowest BCUT2D eigenvalue weighted by Gasteiger charge is -2.34. The summed E-state index contributed by atoms with van der Waals surface area (Å²) >= 11 is 0. The van der Waals surface area contributed by atoms with E-state index >= 15 is 0 Å². The largest absolute Gasteiger partial charge is 0.367 e. The second-order valence-corrected chi connectivity index (χ2v) is 4.48. The highest BCUT2D eigenvalue weighted by Crippen LogP contribution is 2.31. The van der Waals surface area contributed by atoms with E-state index in [9.17, 15) is 0 Å². The van der Waals surface area contributed by atoms with Gasteiger partial charge in [0.2, 0.25) is 0 Å². The third kappa shape index (κ3) is 1.91. The monoisotopic (exact) mass is 193 g/mol. The minimum Gasteiger partial charge on any atom is -0.367 e. The van der Waals surface area contributed by atoms with Gasteiger partial charge in [-0.1, -0.05) is 26.7 Å². The van der Waals surface area contributed by atoms with E-state index in [-0.39, 0.29) is 0 Å². The van der Waals surface area contributed by atoms with Gasteiger partial charge in [-0.25, -0.2) is 4.98 Å². The Labute approximate surface area is 85.3 Å². The first-order chi connectivity index (χ1) is 6.77. The Morgan fingerprint density at radius 2 is 2.29 bits per heavy atom. The first-order valence-corrected chi connectivity index (χ1v) is 5.52. The minimum absolute atomic E-state index is 0.610. The molecule has 0 aromatic carbocycles. The van der Waals surface area contributed by atoms with Gasteiger partial charge >= 0.3 is 0 Å². The van der Waals surface area contributed by atoms with Crippen LogP contribution in [0.15, 0.2) is 12.5 Å². The molecule has 0 aliphatic heterocycles. The molecule has 14 heavy (non-hydrogen) atoms. The maximum atomic E-state index is 4.01. The van der Waals surface area contributed by atoms with Crippen LogP contribution in [-0.2, 0) is 0 Å². The van der Waals surface area contributed by atoms with Gasteiger partial charge in [0.1, 0.15) is 5.82 Å². The highest BCUT2D eigenvalue weighted by atomic mass is 15.1. The summed E-state index contributed by atoms with van der Waals surface area (Å²) in [5.74, 6) is 2.65. The third-order valence-electron chi connectivity index (χ3n) is 3.55. The van der Waals surface area contributed by atoms with Gasteiger partial charge in [0.05, 0.1) is 12.5 Å². The number of hydrogen-bond donors (Lipinski definition) is 2. The lowest BCUT2D eigenvalue weighted by Crippen LogP contribution is -2.35. The number of anilines is 1. The average molecular weight is 193 g/mol. The Morgan fingerprint density at radius 1 is 1.43 bits per heavy atom. The van der Waals surface area contributed by atoms with Crippen molar-refractivity contribution in [2.75, 3.05) is 5.32 Å². The lowest BCUT2D eigenvalue weighted by atomic mass is 9.78. The van der Waals surface area contributed by atoms with Crippen molar-refractivity contribution in [2.45, 2.75) is 39.2 Å². The molecule has 1 aromatic rings. The molecule has 0 amide bonds. The van der Waals surface area contributed by atoms with Crippen LogP contribution in [0, 0.1) is 11.8 Å². The molecule has 0 radical (unpaired) electrons. The number of aromatic nitrogens is 2. The van der Waals surface area contributed by atoms with Gasteiger partial charge in [-0.2, -0.15) is 0 Å². The van der Waals surface area contributed by atoms with Gasteiger partial charge in [-0.3, -0.25) is 0 Å². The molecular weight excluding hydrogens is 174 g/mol. The van der Waals surface area contributed by atoms with E-state index in [1.54, 1.807) is 6.33 Å². The van der Waals surface area contributed by atoms with Gasteiger partial charge in [0.25, 0.3) is 0 Å². The molecule has 1 aliphatic carbocycles. The van der Waals surface area contributed by atoms with Crippen molar-refractivity contribution in [1.29, 1.82) is 0 Å². The SMILES string of the molecule is CC1CCCC(Nc2cnc[nH]2)C1C. The number of aromatic amines is 1. The standard InChI is InChI=1S/C11H19N3/c1-8-4-3-5-10(9(8)2)14-11-6-12-7-13-11/h6-10,14H,3-5H2,1-2H3,(H,12,13). The second-order valence-electron chi connectivity index (χ2n) is 4.48. The first-order valence-electron chi connectivity index (χ1n) is 5.52. The Hall–Kier alpha value is -0.990. The van der Waals surface area contributed by atoms with Gasteiger partial charge in [-0.05, 0) is 18.3 Å². The van der Waals surface area contributed by atoms with Crippen molar-refractivity contribution < 1.29 is 0 Å². The minimum atomic E-state index is 0.610. The van der Waals surface area contributed by atoms with Gasteiger partial charge in [0.15, 0.2) is 0 Å². The number of hydrogen-bond acceptors (Lipinski definition) is 2. The Kier molecular flexibility index (Phi) is 2.75. The molecule has 78 valence electrons. The van der Waals surface area contributed by atoms with E-state index in [1.165, 1.54) is 19.3 Å². The first kappa shape index (κ1) is 9.56. The van der Waals surface area contributed by atoms with E-state index in [4.69, 9.17) is 0 Å². The van der Waals surface area contributed by atoms with Gasteiger partial charge in [0, 0.05) is 6.04 Å². The molecule has 0 bridgehead atoms. The molecule has 3 atom stereocenters. The number of nitrogens with one attached hydrogen (secondary N) is 2. The van der Waals surface area contributed by atoms with Crippen molar-refractivity contribution in [3.8, 4) is 0 Å². The van der Waals surface area contributed by atoms with E-state index in [2.05, 4.69) is 29.1 Å². The molecule has 3 nitrogen and oxygen atoms in total. The predicted octanol–water partition coefficient (Wildman–Crippen LogP) is 2.65. The van der Waals surface area contributed by atoms with E-state index < -0.39 is 0 Å². The van der Waals surface area contributed by atoms with Crippen molar-refractivity contribution in [3.63, 3.8) is 0 Å². The number of nitrogens with zero attached hydrogens (tertiary/aromatic N) is 1. The molecule has 3 unspecified atom stereocenters. The molecular formula is C11H19N3. The smallest absolute Gasteiger partial charge is 0.123 e. The summed E-state index contributed by atoms with van der Waals surface area (Å²) < 4.78 is 0. The Bertz CT molecular complexity index is 268. The van der Waals surface area contributed by atoms with Crippen LogP contribution in [0.1, 0.15) is 33.1 Å². The molecule has 1 aliphatic rings. The van der Waals surface area contributed by atoms with Crippen LogP contribution in [0.25, 0.3) is 0 Å². The number of imidazole rings is 1. The Balaban J connectivity index is 1.97. The Morgan fingerprint density at radius 3 is 3.00 bits per heavy atom. The van der Waals surface area contributed by atoms with Crippen molar-refractivity contribution in [3.05, 3.63) is 12.5 Å². The van der Waals surface area contributed by atoms with Crippen molar-refractivity contribution >= 4 is 5.82 Å². The summed E-state index contributed by atoms with van der Waals surface area (Å²) in [6.07, 6.45) is 7.58. The van der Waals surface area contributed by atoms with Crippen LogP contribution in [0.5, 0.6) is 0 Å². The number of H-pyrrole nitrogens is 1. The zero-order valence-corrected chi connectivity index (χ0v) is 8.96. The van der Waals surface area contributed by atoms with Crippen LogP contribution in [0.2, 0.25) is 0 Å². The maximum Gasteiger partial charge on any atom is 0.123 e. The summed E-state index contributed by atoms with van der Waals surface area (Å²) in [6.45, 7) is 4.70. The zero-order valence-electron chi connectivity index (χ0n) is 8.96. The van der Waals surface area contributed by atoms with Crippen LogP contribution in [-0.4, -0.2) is 16.0 Å². The summed E-state index contributed by atoms with van der Waals surface area (Å²) in [4.78, 5) is 7.11. The molecule has 0 spiro atoms. The van der Waals surface area contributed by atoms with Crippen LogP contribution < -0.4 is 5.32 Å². The van der Waals surface area contributed by atoms with Crippen LogP contribution >= 0.6 is 0 Å². The van der Waals surface area contributed by atoms with E-state index in [1.807, 2.05) is 6.20 Å². The molecule has 1 heterocycles. The fourth-order valence-electron chi connectivity index (χ4n) is 2.32. The van der Waals surface area contributed by atoms with Crippen molar-refractivity contribution in [1.82, 2.24) is 9.97 Å². The second kappa shape index (κ2) is 4.03. The highest BCUT2D eigenvalue weighted by Gasteiger charge is 2.26. The molecule has 1 saturated carbocycles. The van der Waals surface area contributed by atoms with E-state index in [0.29, 0.717) is 6.04 Å². The summed E-state index contributed by atoms with van der Waals surface area (Å²) in [5, 5.41) is 3.52. The third-order valence-corrected chi connectivity index (χ3v) is 3.55. The molecule has 2 N–H and O–H groups in total. The fraction of sp³-hybridized carbons (Fsp3) is 0.727. The maximum absolute atomic E-state index is 4.01. The lowest BCUT2D eigenvalue weighted by molar-refractivity contribution is 0.253. The summed E-state index contributed by atoms with van der Waals surface area (Å²) in [6, 6.07) is 0.610. The number of rotatable bonds is 2. The summed E-state index contributed by atoms with van der Waals surface area (Å²) in [7, 11) is 0. The quantitative estimate of drug-likeness (QED) is 0.758. The molecule has 1 fully saturated rings. The molecule has 3 heteroatoms. The van der Waals surface area contributed by atoms with Crippen LogP contribution in [0.4, 0.5) is 5.82 Å². The van der Waals surface area contributed by atoms with E-state index in [0.717, 1.165) is 17.7 Å². The molecule has 1 aromatic heterocycles. The predicted molar refractivity (Wildman–Crippen MR) is 58.2 cm³/mol. The van der Waals surface area contributed by atoms with Crippen molar-refractivity contribution in [2.24, 2.45) is 11.8 Å². The highest BCUT2D eigenvalue weighted by molar-refractivity contribution is 5.32. The average Bonchev–Trinajstić information content (AvgIpc) is 2.66. The van der Waals surface area contributed by atoms with Crippen LogP contribution in [0.3, 0.4) is 0 Å². The topological polar surface area (TPSA) is 40.7 Å². The summed E-state index contributed by atoms with van der Waals surface area (Å²) in [5.41, 5.74) is 0.